The maximum absolute atomic E-state index is 13.4. The van der Waals surface area contributed by atoms with Crippen molar-refractivity contribution in [3.05, 3.63) is 0 Å². The summed E-state index contributed by atoms with van der Waals surface area (Å²) in [6.07, 6.45) is -7.98. The first-order chi connectivity index (χ1) is 14.2. The topological polar surface area (TPSA) is 0 Å². The third-order valence-corrected chi connectivity index (χ3v) is 4.26. The molecule has 0 nitrogen and oxygen atoms in total. The van der Waals surface area contributed by atoms with E-state index in [2.05, 4.69) is 0 Å². The molecule has 0 atom stereocenters. The van der Waals surface area contributed by atoms with Gasteiger partial charge in [-0.15, -0.1) is 0 Å². The van der Waals surface area contributed by atoms with Gasteiger partial charge in [0.05, 0.1) is 0 Å². The minimum atomic E-state index is -9.13. The lowest BCUT2D eigenvalue weighted by Gasteiger charge is -2.45. The second-order valence-electron chi connectivity index (χ2n) is 6.87. The van der Waals surface area contributed by atoms with Crippen LogP contribution in [0.25, 0.3) is 0 Å². The van der Waals surface area contributed by atoms with E-state index in [0.29, 0.717) is 0 Å². The van der Waals surface area contributed by atoms with Crippen molar-refractivity contribution in [1.82, 2.24) is 0 Å². The molecule has 0 fully saturated rings. The first-order valence-electron chi connectivity index (χ1n) is 7.66. The minimum Gasteiger partial charge on any atom is -0.199 e. The van der Waals surface area contributed by atoms with E-state index < -0.39 is 65.4 Å². The summed E-state index contributed by atoms with van der Waals surface area (Å²) in [7, 11) is 0. The van der Waals surface area contributed by atoms with E-state index in [9.17, 15) is 92.2 Å². The van der Waals surface area contributed by atoms with Crippen LogP contribution in [0.15, 0.2) is 0 Å². The SMILES string of the molecule is CC(C)C(F)(F)C(F)(F)C(F)(F)C(F)(F)C(F)(F)C(F)(F)C(F)(F)C(F)(F)C(F)(F)C(F)(F)F. The average Bonchev–Trinajstić information content (AvgIpc) is 2.58. The van der Waals surface area contributed by atoms with Gasteiger partial charge in [0.2, 0.25) is 0 Å². The fourth-order valence-corrected chi connectivity index (χ4v) is 1.93. The Hall–Kier alpha value is -1.47. The highest BCUT2D eigenvalue weighted by Crippen LogP contribution is 2.66. The van der Waals surface area contributed by atoms with Gasteiger partial charge in [-0.3, -0.25) is 0 Å². The summed E-state index contributed by atoms with van der Waals surface area (Å²) in [5.74, 6) is -79.5. The van der Waals surface area contributed by atoms with Crippen LogP contribution in [0.4, 0.5) is 92.2 Å². The molecule has 34 heavy (non-hydrogen) atoms. The Morgan fingerprint density at radius 1 is 0.294 bits per heavy atom. The monoisotopic (exact) mass is 562 g/mol. The van der Waals surface area contributed by atoms with Gasteiger partial charge in [-0.05, 0) is 0 Å². The molecule has 0 bridgehead atoms. The molecule has 0 heterocycles. The Labute approximate surface area is 173 Å². The van der Waals surface area contributed by atoms with E-state index in [4.69, 9.17) is 0 Å². The zero-order valence-electron chi connectivity index (χ0n) is 15.5. The van der Waals surface area contributed by atoms with Gasteiger partial charge in [0.15, 0.2) is 0 Å². The summed E-state index contributed by atoms with van der Waals surface area (Å²) in [6.45, 7) is -0.300. The average molecular weight is 562 g/mol. The Kier molecular flexibility index (Phi) is 7.43. The van der Waals surface area contributed by atoms with Crippen LogP contribution in [0.1, 0.15) is 13.8 Å². The lowest BCUT2D eigenvalue weighted by atomic mass is 9.84. The van der Waals surface area contributed by atoms with Gasteiger partial charge in [0.25, 0.3) is 0 Å². The molecular formula is C13H7F21. The molecule has 0 aliphatic carbocycles. The molecule has 206 valence electrons. The Morgan fingerprint density at radius 3 is 0.647 bits per heavy atom. The van der Waals surface area contributed by atoms with Crippen molar-refractivity contribution in [2.75, 3.05) is 0 Å². The number of alkyl halides is 21. The van der Waals surface area contributed by atoms with E-state index >= 15 is 0 Å². The second kappa shape index (κ2) is 7.76. The Bertz CT molecular complexity index is 738. The van der Waals surface area contributed by atoms with Crippen molar-refractivity contribution in [1.29, 1.82) is 0 Å². The Morgan fingerprint density at radius 2 is 0.471 bits per heavy atom. The summed E-state index contributed by atoms with van der Waals surface area (Å²) in [5.41, 5.74) is 0. The first-order valence-corrected chi connectivity index (χ1v) is 7.66. The first kappa shape index (κ1) is 32.5. The molecular weight excluding hydrogens is 555 g/mol. The van der Waals surface area contributed by atoms with Crippen LogP contribution in [0.2, 0.25) is 0 Å². The van der Waals surface area contributed by atoms with Crippen molar-refractivity contribution in [3.63, 3.8) is 0 Å². The Balaban J connectivity index is 7.08. The number of hydrogen-bond acceptors (Lipinski definition) is 0. The maximum Gasteiger partial charge on any atom is 0.460 e. The predicted octanol–water partition coefficient (Wildman–Crippen LogP) is 7.92. The van der Waals surface area contributed by atoms with Gasteiger partial charge in [-0.25, -0.2) is 0 Å². The smallest absolute Gasteiger partial charge is 0.199 e. The molecule has 0 aromatic rings. The molecule has 0 saturated carbocycles. The molecule has 0 aliphatic heterocycles. The molecule has 21 heteroatoms. The van der Waals surface area contributed by atoms with E-state index in [1.165, 1.54) is 0 Å². The maximum atomic E-state index is 13.4. The molecule has 0 rings (SSSR count). The molecule has 0 amide bonds. The van der Waals surface area contributed by atoms with Crippen LogP contribution in [-0.2, 0) is 0 Å². The highest BCUT2D eigenvalue weighted by atomic mass is 19.4. The van der Waals surface area contributed by atoms with Crippen molar-refractivity contribution in [2.24, 2.45) is 5.92 Å². The van der Waals surface area contributed by atoms with Gasteiger partial charge in [0.1, 0.15) is 0 Å². The summed E-state index contributed by atoms with van der Waals surface area (Å²) in [6, 6.07) is 0. The zero-order valence-corrected chi connectivity index (χ0v) is 15.5. The normalized spacial score (nSPS) is 16.9. The van der Waals surface area contributed by atoms with Crippen LogP contribution >= 0.6 is 0 Å². The van der Waals surface area contributed by atoms with Crippen molar-refractivity contribution in [2.45, 2.75) is 73.3 Å². The summed E-state index contributed by atoms with van der Waals surface area (Å²) < 4.78 is 274. The van der Waals surface area contributed by atoms with Crippen LogP contribution in [-0.4, -0.2) is 59.5 Å². The third-order valence-electron chi connectivity index (χ3n) is 4.26. The third kappa shape index (κ3) is 3.64. The molecule has 0 spiro atoms. The lowest BCUT2D eigenvalue weighted by Crippen LogP contribution is -2.77. The van der Waals surface area contributed by atoms with E-state index in [0.717, 1.165) is 0 Å². The number of halogens is 21. The highest BCUT2D eigenvalue weighted by molar-refractivity contribution is 5.18. The zero-order chi connectivity index (χ0) is 28.6. The second-order valence-corrected chi connectivity index (χ2v) is 6.87. The van der Waals surface area contributed by atoms with Crippen molar-refractivity contribution >= 4 is 0 Å². The molecule has 0 saturated heterocycles. The van der Waals surface area contributed by atoms with E-state index in [1.54, 1.807) is 0 Å². The molecule has 0 unspecified atom stereocenters. The standard InChI is InChI=1S/C13H7F21/c1-3(2)4(14,15)5(16,17)6(18,19)7(20,21)8(22,23)9(24,25)10(26,27)11(28,29)12(30,31)13(32,33)34/h3H,1-2H3. The lowest BCUT2D eigenvalue weighted by molar-refractivity contribution is -0.475. The number of rotatable bonds is 9. The van der Waals surface area contributed by atoms with Gasteiger partial charge in [0, 0.05) is 5.92 Å². The minimum absolute atomic E-state index is 0.150. The predicted molar refractivity (Wildman–Crippen MR) is 65.4 cm³/mol. The summed E-state index contributed by atoms with van der Waals surface area (Å²) in [4.78, 5) is 0. The van der Waals surface area contributed by atoms with Gasteiger partial charge < -0.3 is 0 Å². The van der Waals surface area contributed by atoms with E-state index in [1.807, 2.05) is 0 Å². The van der Waals surface area contributed by atoms with Gasteiger partial charge >= 0.3 is 59.5 Å². The molecule has 0 radical (unpaired) electrons. The summed E-state index contributed by atoms with van der Waals surface area (Å²) in [5, 5.41) is 0. The van der Waals surface area contributed by atoms with E-state index in [-0.39, 0.29) is 13.8 Å². The fraction of sp³-hybridized carbons (Fsp3) is 1.00. The highest BCUT2D eigenvalue weighted by Gasteiger charge is 2.97. The number of hydrogen-bond donors (Lipinski definition) is 0. The van der Waals surface area contributed by atoms with Gasteiger partial charge in [-0.1, -0.05) is 13.8 Å². The molecule has 0 N–H and O–H groups in total. The molecule has 0 aromatic carbocycles. The van der Waals surface area contributed by atoms with Crippen LogP contribution < -0.4 is 0 Å². The summed E-state index contributed by atoms with van der Waals surface area (Å²) >= 11 is 0. The molecule has 0 aromatic heterocycles. The van der Waals surface area contributed by atoms with Crippen LogP contribution in [0.5, 0.6) is 0 Å². The van der Waals surface area contributed by atoms with Crippen molar-refractivity contribution in [3.8, 4) is 0 Å². The van der Waals surface area contributed by atoms with Crippen LogP contribution in [0, 0.1) is 5.92 Å². The largest absolute Gasteiger partial charge is 0.460 e. The van der Waals surface area contributed by atoms with Crippen LogP contribution in [0.3, 0.4) is 0 Å². The van der Waals surface area contributed by atoms with Gasteiger partial charge in [-0.2, -0.15) is 92.2 Å². The van der Waals surface area contributed by atoms with Crippen molar-refractivity contribution < 1.29 is 92.2 Å². The fourth-order valence-electron chi connectivity index (χ4n) is 1.93. The quantitative estimate of drug-likeness (QED) is 0.251. The molecule has 0 aliphatic rings.